The van der Waals surface area contributed by atoms with E-state index in [4.69, 9.17) is 0 Å². The molecule has 0 aromatic rings. The third-order valence-corrected chi connectivity index (χ3v) is 2.88. The third-order valence-electron chi connectivity index (χ3n) is 1.26. The van der Waals surface area contributed by atoms with Crippen molar-refractivity contribution in [3.8, 4) is 0 Å². The van der Waals surface area contributed by atoms with Gasteiger partial charge in [-0.25, -0.2) is 0 Å². The number of halogens is 1. The molecule has 1 fully saturated rings. The Morgan fingerprint density at radius 2 is 2.00 bits per heavy atom. The number of carbonyl (C=O) groups is 1. The van der Waals surface area contributed by atoms with Crippen molar-refractivity contribution in [2.24, 2.45) is 0 Å². The van der Waals surface area contributed by atoms with Gasteiger partial charge in [0.1, 0.15) is 0 Å². The predicted octanol–water partition coefficient (Wildman–Crippen LogP) is 1.59. The summed E-state index contributed by atoms with van der Waals surface area (Å²) in [5.74, 6) is 2.21. The van der Waals surface area contributed by atoms with E-state index in [1.54, 1.807) is 0 Å². The van der Waals surface area contributed by atoms with Gasteiger partial charge in [-0.05, 0) is 0 Å². The lowest BCUT2D eigenvalue weighted by Gasteiger charge is -2.23. The van der Waals surface area contributed by atoms with Crippen LogP contribution in [0.4, 0.5) is 4.79 Å². The van der Waals surface area contributed by atoms with Gasteiger partial charge in [-0.15, -0.1) is 0 Å². The van der Waals surface area contributed by atoms with Gasteiger partial charge in [0.25, 0.3) is 3.91 Å². The van der Waals surface area contributed by atoms with Crippen molar-refractivity contribution >= 4 is 38.3 Å². The summed E-state index contributed by atoms with van der Waals surface area (Å²) in [4.78, 5) is 12.6. The minimum Gasteiger partial charge on any atom is -0.332 e. The Kier molecular flexibility index (Phi) is 3.11. The summed E-state index contributed by atoms with van der Waals surface area (Å²) in [6.07, 6.45) is 0. The summed E-state index contributed by atoms with van der Waals surface area (Å²) in [6.45, 7) is 1.87. The Labute approximate surface area is 72.5 Å². The van der Waals surface area contributed by atoms with E-state index in [1.807, 2.05) is 39.3 Å². The van der Waals surface area contributed by atoms with E-state index < -0.39 is 0 Å². The Bertz CT molecular complexity index is 114. The van der Waals surface area contributed by atoms with Gasteiger partial charge in [-0.3, -0.25) is 4.79 Å². The van der Waals surface area contributed by atoms with Crippen LogP contribution in [0.15, 0.2) is 0 Å². The van der Waals surface area contributed by atoms with Crippen LogP contribution in [0.25, 0.3) is 0 Å². The molecule has 0 atom stereocenters. The molecule has 0 aromatic carbocycles. The van der Waals surface area contributed by atoms with Gasteiger partial charge < -0.3 is 4.90 Å². The first-order chi connectivity index (χ1) is 4.30. The Balaban J connectivity index is 2.31. The molecule has 1 saturated heterocycles. The Morgan fingerprint density at radius 1 is 1.44 bits per heavy atom. The predicted molar refractivity (Wildman–Crippen MR) is 48.3 cm³/mol. The van der Waals surface area contributed by atoms with E-state index in [2.05, 4.69) is 0 Å². The van der Waals surface area contributed by atoms with Crippen LogP contribution in [0.3, 0.4) is 0 Å². The first kappa shape index (κ1) is 7.65. The fraction of sp³-hybridized carbons (Fsp3) is 0.800. The molecule has 9 heavy (non-hydrogen) atoms. The summed E-state index contributed by atoms with van der Waals surface area (Å²) in [5.41, 5.74) is 0. The van der Waals surface area contributed by atoms with Gasteiger partial charge in [0.2, 0.25) is 0 Å². The number of amides is 1. The van der Waals surface area contributed by atoms with Crippen molar-refractivity contribution in [1.29, 1.82) is 0 Å². The molecule has 1 rings (SSSR count). The van der Waals surface area contributed by atoms with Crippen LogP contribution in [0.1, 0.15) is 0 Å². The third kappa shape index (κ3) is 2.33. The lowest BCUT2D eigenvalue weighted by atomic mass is 10.5. The SMILES string of the molecule is O=C(I)N1CCSCC1. The highest BCUT2D eigenvalue weighted by Gasteiger charge is 2.12. The second-order valence-corrected chi connectivity index (χ2v) is 4.00. The average Bonchev–Trinajstić information content (AvgIpc) is 1.90. The van der Waals surface area contributed by atoms with Crippen molar-refractivity contribution in [3.05, 3.63) is 0 Å². The topological polar surface area (TPSA) is 20.3 Å². The lowest BCUT2D eigenvalue weighted by molar-refractivity contribution is 0.231. The maximum atomic E-state index is 10.7. The van der Waals surface area contributed by atoms with Crippen LogP contribution in [0.5, 0.6) is 0 Å². The minimum absolute atomic E-state index is 0.188. The van der Waals surface area contributed by atoms with Crippen LogP contribution >= 0.6 is 34.4 Å². The zero-order valence-corrected chi connectivity index (χ0v) is 7.94. The smallest absolute Gasteiger partial charge is 0.283 e. The number of carbonyl (C=O) groups excluding carboxylic acids is 1. The molecule has 1 heterocycles. The zero-order chi connectivity index (χ0) is 6.69. The molecule has 2 nitrogen and oxygen atoms in total. The van der Waals surface area contributed by atoms with Crippen molar-refractivity contribution in [1.82, 2.24) is 4.90 Å². The first-order valence-corrected chi connectivity index (χ1v) is 5.06. The number of thioether (sulfide) groups is 1. The molecule has 1 aliphatic heterocycles. The number of hydrogen-bond acceptors (Lipinski definition) is 2. The summed E-state index contributed by atoms with van der Waals surface area (Å²) < 4.78 is 0.188. The quantitative estimate of drug-likeness (QED) is 0.373. The second-order valence-electron chi connectivity index (χ2n) is 1.85. The monoisotopic (exact) mass is 257 g/mol. The van der Waals surface area contributed by atoms with Crippen LogP contribution < -0.4 is 0 Å². The molecule has 4 heteroatoms. The highest BCUT2D eigenvalue weighted by Crippen LogP contribution is 2.11. The van der Waals surface area contributed by atoms with Gasteiger partial charge in [-0.1, -0.05) is 0 Å². The standard InChI is InChI=1S/C5H8INOS/c6-5(8)7-1-3-9-4-2-7/h1-4H2. The van der Waals surface area contributed by atoms with E-state index in [0.717, 1.165) is 24.6 Å². The van der Waals surface area contributed by atoms with Gasteiger partial charge >= 0.3 is 0 Å². The molecular formula is C5H8INOS. The summed E-state index contributed by atoms with van der Waals surface area (Å²) in [6, 6.07) is 0. The molecule has 0 saturated carbocycles. The molecule has 0 N–H and O–H groups in total. The number of nitrogens with zero attached hydrogens (tertiary/aromatic N) is 1. The maximum absolute atomic E-state index is 10.7. The Morgan fingerprint density at radius 3 is 2.33 bits per heavy atom. The van der Waals surface area contributed by atoms with E-state index in [-0.39, 0.29) is 3.91 Å². The highest BCUT2D eigenvalue weighted by atomic mass is 127. The molecule has 0 bridgehead atoms. The number of rotatable bonds is 0. The molecule has 1 aliphatic rings. The average molecular weight is 257 g/mol. The van der Waals surface area contributed by atoms with E-state index in [9.17, 15) is 4.79 Å². The van der Waals surface area contributed by atoms with Gasteiger partial charge in [0.05, 0.1) is 0 Å². The molecule has 1 amide bonds. The van der Waals surface area contributed by atoms with Crippen LogP contribution in [-0.2, 0) is 0 Å². The van der Waals surface area contributed by atoms with Crippen LogP contribution in [0, 0.1) is 0 Å². The van der Waals surface area contributed by atoms with Crippen molar-refractivity contribution < 1.29 is 4.79 Å². The molecule has 0 aromatic heterocycles. The molecule has 0 unspecified atom stereocenters. The lowest BCUT2D eigenvalue weighted by Crippen LogP contribution is -2.33. The summed E-state index contributed by atoms with van der Waals surface area (Å²) in [5, 5.41) is 0. The normalized spacial score (nSPS) is 19.9. The van der Waals surface area contributed by atoms with Gasteiger partial charge in [0.15, 0.2) is 0 Å². The Hall–Kier alpha value is 0.550. The largest absolute Gasteiger partial charge is 0.332 e. The van der Waals surface area contributed by atoms with Crippen LogP contribution in [0.2, 0.25) is 0 Å². The fourth-order valence-corrected chi connectivity index (χ4v) is 2.12. The molecule has 0 radical (unpaired) electrons. The minimum atomic E-state index is 0.188. The molecule has 0 aliphatic carbocycles. The summed E-state index contributed by atoms with van der Waals surface area (Å²) >= 11 is 3.76. The van der Waals surface area contributed by atoms with E-state index in [1.165, 1.54) is 0 Å². The van der Waals surface area contributed by atoms with Crippen molar-refractivity contribution in [3.63, 3.8) is 0 Å². The van der Waals surface area contributed by atoms with Crippen molar-refractivity contribution in [2.45, 2.75) is 0 Å². The highest BCUT2D eigenvalue weighted by molar-refractivity contribution is 14.1. The second kappa shape index (κ2) is 3.65. The van der Waals surface area contributed by atoms with Gasteiger partial charge in [-0.2, -0.15) is 11.8 Å². The van der Waals surface area contributed by atoms with Crippen LogP contribution in [-0.4, -0.2) is 33.4 Å². The summed E-state index contributed by atoms with van der Waals surface area (Å²) in [7, 11) is 0. The van der Waals surface area contributed by atoms with Crippen molar-refractivity contribution in [2.75, 3.05) is 24.6 Å². The van der Waals surface area contributed by atoms with E-state index in [0.29, 0.717) is 0 Å². The molecule has 52 valence electrons. The molecule has 0 spiro atoms. The number of hydrogen-bond donors (Lipinski definition) is 0. The maximum Gasteiger partial charge on any atom is 0.283 e. The zero-order valence-electron chi connectivity index (χ0n) is 4.97. The molecular weight excluding hydrogens is 249 g/mol. The first-order valence-electron chi connectivity index (χ1n) is 2.83. The van der Waals surface area contributed by atoms with E-state index >= 15 is 0 Å². The van der Waals surface area contributed by atoms with Gasteiger partial charge in [0, 0.05) is 47.2 Å². The fourth-order valence-electron chi connectivity index (χ4n) is 0.739.